The highest BCUT2D eigenvalue weighted by Crippen LogP contribution is 2.39. The molecular weight excluding hydrogens is 268 g/mol. The Hall–Kier alpha value is -3.16. The maximum atomic E-state index is 11.0. The van der Waals surface area contributed by atoms with Crippen molar-refractivity contribution in [1.29, 1.82) is 0 Å². The second-order valence-electron chi connectivity index (χ2n) is 3.92. The van der Waals surface area contributed by atoms with E-state index in [1.165, 1.54) is 12.1 Å². The lowest BCUT2D eigenvalue weighted by Crippen LogP contribution is -1.95. The van der Waals surface area contributed by atoms with E-state index in [2.05, 4.69) is 0 Å². The van der Waals surface area contributed by atoms with Crippen LogP contribution < -0.4 is 0 Å². The summed E-state index contributed by atoms with van der Waals surface area (Å²) in [4.78, 5) is 20.1. The molecule has 0 aromatic heterocycles. The van der Waals surface area contributed by atoms with Gasteiger partial charge in [0.05, 0.1) is 21.5 Å². The fourth-order valence-corrected chi connectivity index (χ4v) is 1.75. The lowest BCUT2D eigenvalue weighted by molar-refractivity contribution is -0.393. The van der Waals surface area contributed by atoms with Gasteiger partial charge >= 0.3 is 0 Å². The first-order valence-electron chi connectivity index (χ1n) is 5.35. The molecule has 2 N–H and O–H groups in total. The van der Waals surface area contributed by atoms with Gasteiger partial charge in [-0.15, -0.1) is 0 Å². The van der Waals surface area contributed by atoms with Crippen LogP contribution >= 0.6 is 0 Å². The first-order chi connectivity index (χ1) is 9.40. The van der Waals surface area contributed by atoms with Gasteiger partial charge in [0.1, 0.15) is 11.5 Å². The van der Waals surface area contributed by atoms with Crippen LogP contribution in [0, 0.1) is 20.2 Å². The van der Waals surface area contributed by atoms with E-state index in [1.807, 2.05) is 0 Å². The molecule has 0 aliphatic carbocycles. The maximum Gasteiger partial charge on any atom is 0.284 e. The van der Waals surface area contributed by atoms with Crippen molar-refractivity contribution < 1.29 is 20.1 Å². The van der Waals surface area contributed by atoms with E-state index in [9.17, 15) is 30.4 Å². The second kappa shape index (κ2) is 4.84. The monoisotopic (exact) mass is 276 g/mol. The number of hydrogen-bond donors (Lipinski definition) is 2. The molecule has 102 valence electrons. The molecule has 2 aromatic rings. The summed E-state index contributed by atoms with van der Waals surface area (Å²) in [6, 6.07) is 6.59. The van der Waals surface area contributed by atoms with Gasteiger partial charge in [0.15, 0.2) is 0 Å². The number of phenolic OH excluding ortho intramolecular Hbond substituents is 2. The number of phenols is 2. The molecule has 2 rings (SSSR count). The van der Waals surface area contributed by atoms with Crippen molar-refractivity contribution in [2.45, 2.75) is 0 Å². The Bertz CT molecular complexity index is 713. The SMILES string of the molecule is O=[N+]([O-])c1ccc(-c2cc(O)ccc2O)c([N+](=O)[O-])c1. The van der Waals surface area contributed by atoms with Crippen LogP contribution in [0.3, 0.4) is 0 Å². The molecule has 8 heteroatoms. The van der Waals surface area contributed by atoms with Gasteiger partial charge in [-0.2, -0.15) is 0 Å². The van der Waals surface area contributed by atoms with Crippen LogP contribution in [-0.4, -0.2) is 20.1 Å². The van der Waals surface area contributed by atoms with Crippen LogP contribution in [0.25, 0.3) is 11.1 Å². The zero-order valence-electron chi connectivity index (χ0n) is 9.89. The van der Waals surface area contributed by atoms with Crippen molar-refractivity contribution in [2.75, 3.05) is 0 Å². The number of nitro benzene ring substituents is 2. The zero-order chi connectivity index (χ0) is 14.9. The molecule has 0 aliphatic rings. The molecule has 0 atom stereocenters. The van der Waals surface area contributed by atoms with E-state index >= 15 is 0 Å². The summed E-state index contributed by atoms with van der Waals surface area (Å²) in [5, 5.41) is 40.7. The van der Waals surface area contributed by atoms with Crippen LogP contribution in [0.1, 0.15) is 0 Å². The van der Waals surface area contributed by atoms with Gasteiger partial charge in [-0.05, 0) is 24.3 Å². The molecule has 0 unspecified atom stereocenters. The maximum absolute atomic E-state index is 11.0. The fraction of sp³-hybridized carbons (Fsp3) is 0. The van der Waals surface area contributed by atoms with Crippen molar-refractivity contribution in [3.63, 3.8) is 0 Å². The van der Waals surface area contributed by atoms with Crippen LogP contribution in [0.2, 0.25) is 0 Å². The van der Waals surface area contributed by atoms with Gasteiger partial charge in [-0.25, -0.2) is 0 Å². The Morgan fingerprint density at radius 2 is 1.55 bits per heavy atom. The molecule has 0 bridgehead atoms. The molecular formula is C12H8N2O6. The van der Waals surface area contributed by atoms with Gasteiger partial charge in [0, 0.05) is 11.6 Å². The lowest BCUT2D eigenvalue weighted by atomic mass is 10.0. The average Bonchev–Trinajstić information content (AvgIpc) is 2.40. The molecule has 0 spiro atoms. The molecule has 0 amide bonds. The van der Waals surface area contributed by atoms with Crippen LogP contribution in [0.5, 0.6) is 11.5 Å². The van der Waals surface area contributed by atoms with Crippen molar-refractivity contribution in [3.05, 3.63) is 56.6 Å². The molecule has 0 heterocycles. The standard InChI is InChI=1S/C12H8N2O6/c15-8-2-4-12(16)10(6-8)9-3-1-7(13(17)18)5-11(9)14(19)20/h1-6,15-16H. The normalized spacial score (nSPS) is 10.2. The van der Waals surface area contributed by atoms with Crippen LogP contribution in [0.15, 0.2) is 36.4 Å². The number of nitrogens with zero attached hydrogens (tertiary/aromatic N) is 2. The summed E-state index contributed by atoms with van der Waals surface area (Å²) in [6.07, 6.45) is 0. The molecule has 2 aromatic carbocycles. The molecule has 20 heavy (non-hydrogen) atoms. The van der Waals surface area contributed by atoms with Crippen molar-refractivity contribution in [2.24, 2.45) is 0 Å². The third kappa shape index (κ3) is 2.34. The van der Waals surface area contributed by atoms with Gasteiger partial charge < -0.3 is 10.2 Å². The minimum absolute atomic E-state index is 0.0194. The average molecular weight is 276 g/mol. The van der Waals surface area contributed by atoms with E-state index in [0.29, 0.717) is 0 Å². The van der Waals surface area contributed by atoms with Gasteiger partial charge in [-0.3, -0.25) is 20.2 Å². The number of rotatable bonds is 3. The summed E-state index contributed by atoms with van der Waals surface area (Å²) in [5.41, 5.74) is -0.958. The largest absolute Gasteiger partial charge is 0.508 e. The highest BCUT2D eigenvalue weighted by Gasteiger charge is 2.22. The Balaban J connectivity index is 2.70. The predicted molar refractivity (Wildman–Crippen MR) is 68.5 cm³/mol. The molecule has 0 aliphatic heterocycles. The third-order valence-electron chi connectivity index (χ3n) is 2.66. The van der Waals surface area contributed by atoms with E-state index in [1.54, 1.807) is 0 Å². The minimum atomic E-state index is -0.786. The Kier molecular flexibility index (Phi) is 3.21. The fourth-order valence-electron chi connectivity index (χ4n) is 1.75. The molecule has 0 saturated carbocycles. The number of benzene rings is 2. The first kappa shape index (κ1) is 13.3. The summed E-state index contributed by atoms with van der Waals surface area (Å²) >= 11 is 0. The molecule has 8 nitrogen and oxygen atoms in total. The minimum Gasteiger partial charge on any atom is -0.508 e. The first-order valence-corrected chi connectivity index (χ1v) is 5.35. The Labute approximate surface area is 111 Å². The molecule has 0 fully saturated rings. The topological polar surface area (TPSA) is 127 Å². The van der Waals surface area contributed by atoms with E-state index in [4.69, 9.17) is 0 Å². The highest BCUT2D eigenvalue weighted by atomic mass is 16.6. The quantitative estimate of drug-likeness (QED) is 0.504. The third-order valence-corrected chi connectivity index (χ3v) is 2.66. The Morgan fingerprint density at radius 3 is 2.15 bits per heavy atom. The smallest absolute Gasteiger partial charge is 0.284 e. The van der Waals surface area contributed by atoms with Crippen LogP contribution in [-0.2, 0) is 0 Å². The lowest BCUT2D eigenvalue weighted by Gasteiger charge is -2.06. The predicted octanol–water partition coefficient (Wildman–Crippen LogP) is 2.58. The van der Waals surface area contributed by atoms with E-state index < -0.39 is 21.2 Å². The number of aromatic hydroxyl groups is 2. The van der Waals surface area contributed by atoms with Gasteiger partial charge in [-0.1, -0.05) is 0 Å². The van der Waals surface area contributed by atoms with Crippen molar-refractivity contribution in [1.82, 2.24) is 0 Å². The molecule has 0 radical (unpaired) electrons. The number of non-ortho nitro benzene ring substituents is 1. The van der Waals surface area contributed by atoms with Gasteiger partial charge in [0.25, 0.3) is 11.4 Å². The number of hydrogen-bond acceptors (Lipinski definition) is 6. The summed E-state index contributed by atoms with van der Waals surface area (Å²) in [5.74, 6) is -0.467. The van der Waals surface area contributed by atoms with Crippen molar-refractivity contribution >= 4 is 11.4 Å². The Morgan fingerprint density at radius 1 is 0.850 bits per heavy atom. The highest BCUT2D eigenvalue weighted by molar-refractivity contribution is 5.80. The summed E-state index contributed by atoms with van der Waals surface area (Å²) in [6.45, 7) is 0. The van der Waals surface area contributed by atoms with Gasteiger partial charge in [0.2, 0.25) is 0 Å². The van der Waals surface area contributed by atoms with Crippen molar-refractivity contribution in [3.8, 4) is 22.6 Å². The zero-order valence-corrected chi connectivity index (χ0v) is 9.89. The van der Waals surface area contributed by atoms with Crippen LogP contribution in [0.4, 0.5) is 11.4 Å². The second-order valence-corrected chi connectivity index (χ2v) is 3.92. The summed E-state index contributed by atoms with van der Waals surface area (Å²) < 4.78 is 0. The van der Waals surface area contributed by atoms with E-state index in [-0.39, 0.29) is 22.6 Å². The summed E-state index contributed by atoms with van der Waals surface area (Å²) in [7, 11) is 0. The number of nitro groups is 2. The molecule has 0 saturated heterocycles. The van der Waals surface area contributed by atoms with E-state index in [0.717, 1.165) is 24.3 Å².